The normalized spacial score (nSPS) is 11.9. The fourth-order valence-electron chi connectivity index (χ4n) is 1.95. The number of nitrogens with zero attached hydrogens (tertiary/aromatic N) is 1. The molecule has 0 aliphatic heterocycles. The number of anilines is 1. The monoisotopic (exact) mass is 266 g/mol. The van der Waals surface area contributed by atoms with Crippen LogP contribution in [0, 0.1) is 10.1 Å². The third kappa shape index (κ3) is 4.77. The van der Waals surface area contributed by atoms with Crippen molar-refractivity contribution in [2.45, 2.75) is 45.6 Å². The van der Waals surface area contributed by atoms with E-state index >= 15 is 0 Å². The van der Waals surface area contributed by atoms with Gasteiger partial charge in [-0.1, -0.05) is 26.2 Å². The number of hydrogen-bond donors (Lipinski definition) is 1. The van der Waals surface area contributed by atoms with Crippen LogP contribution in [0.25, 0.3) is 0 Å². The minimum atomic E-state index is -0.420. The molecule has 5 heteroatoms. The molecule has 0 saturated carbocycles. The third-order valence-corrected chi connectivity index (χ3v) is 3.04. The maximum atomic E-state index is 10.7. The highest BCUT2D eigenvalue weighted by Gasteiger charge is 2.12. The first kappa shape index (κ1) is 15.3. The van der Waals surface area contributed by atoms with Gasteiger partial charge in [-0.05, 0) is 19.4 Å². The molecule has 0 bridgehead atoms. The van der Waals surface area contributed by atoms with Gasteiger partial charge in [0.15, 0.2) is 0 Å². The summed E-state index contributed by atoms with van der Waals surface area (Å²) in [6.07, 6.45) is 4.69. The second kappa shape index (κ2) is 7.61. The molecule has 1 N–H and O–H groups in total. The lowest BCUT2D eigenvalue weighted by atomic mass is 10.1. The molecule has 0 spiro atoms. The number of hydrogen-bond acceptors (Lipinski definition) is 4. The topological polar surface area (TPSA) is 64.4 Å². The Kier molecular flexibility index (Phi) is 6.12. The number of ether oxygens (including phenoxy) is 1. The maximum Gasteiger partial charge on any atom is 0.273 e. The molecule has 0 saturated heterocycles. The average molecular weight is 266 g/mol. The molecule has 1 aromatic carbocycles. The second-order valence-corrected chi connectivity index (χ2v) is 4.68. The fraction of sp³-hybridized carbons (Fsp3) is 0.571. The van der Waals surface area contributed by atoms with Gasteiger partial charge in [0, 0.05) is 12.1 Å². The van der Waals surface area contributed by atoms with Gasteiger partial charge in [0.25, 0.3) is 5.69 Å². The van der Waals surface area contributed by atoms with Gasteiger partial charge in [-0.2, -0.15) is 0 Å². The third-order valence-electron chi connectivity index (χ3n) is 3.04. The summed E-state index contributed by atoms with van der Waals surface area (Å²) in [4.78, 5) is 10.3. The molecule has 0 radical (unpaired) electrons. The summed E-state index contributed by atoms with van der Waals surface area (Å²) < 4.78 is 5.20. The summed E-state index contributed by atoms with van der Waals surface area (Å²) in [7, 11) is 1.52. The van der Waals surface area contributed by atoms with Gasteiger partial charge in [0.1, 0.15) is 5.75 Å². The standard InChI is InChI=1S/C14H22N2O3/c1-4-5-6-7-11(2)15-13-9-8-12(16(17)18)10-14(13)19-3/h8-11,15H,4-7H2,1-3H3. The van der Waals surface area contributed by atoms with Crippen LogP contribution in [0.5, 0.6) is 5.75 Å². The smallest absolute Gasteiger partial charge is 0.273 e. The van der Waals surface area contributed by atoms with Crippen LogP contribution in [0.3, 0.4) is 0 Å². The first-order valence-corrected chi connectivity index (χ1v) is 6.67. The van der Waals surface area contributed by atoms with E-state index in [-0.39, 0.29) is 5.69 Å². The summed E-state index contributed by atoms with van der Waals surface area (Å²) in [5, 5.41) is 14.0. The predicted molar refractivity (Wildman–Crippen MR) is 76.9 cm³/mol. The lowest BCUT2D eigenvalue weighted by Crippen LogP contribution is -2.15. The molecule has 1 aromatic rings. The lowest BCUT2D eigenvalue weighted by molar-refractivity contribution is -0.384. The van der Waals surface area contributed by atoms with Crippen molar-refractivity contribution in [2.24, 2.45) is 0 Å². The molecule has 0 aromatic heterocycles. The Morgan fingerprint density at radius 2 is 2.16 bits per heavy atom. The van der Waals surface area contributed by atoms with Gasteiger partial charge in [0.05, 0.1) is 23.8 Å². The van der Waals surface area contributed by atoms with Crippen LogP contribution in [0.4, 0.5) is 11.4 Å². The Morgan fingerprint density at radius 3 is 2.74 bits per heavy atom. The zero-order valence-electron chi connectivity index (χ0n) is 11.8. The maximum absolute atomic E-state index is 10.7. The molecule has 106 valence electrons. The first-order chi connectivity index (χ1) is 9.08. The molecular weight excluding hydrogens is 244 g/mol. The van der Waals surface area contributed by atoms with Gasteiger partial charge in [-0.25, -0.2) is 0 Å². The van der Waals surface area contributed by atoms with Gasteiger partial charge in [-0.3, -0.25) is 10.1 Å². The van der Waals surface area contributed by atoms with E-state index < -0.39 is 4.92 Å². The van der Waals surface area contributed by atoms with Crippen LogP contribution in [-0.4, -0.2) is 18.1 Å². The van der Waals surface area contributed by atoms with E-state index in [4.69, 9.17) is 4.74 Å². The van der Waals surface area contributed by atoms with E-state index in [1.165, 1.54) is 38.5 Å². The largest absolute Gasteiger partial charge is 0.494 e. The molecule has 5 nitrogen and oxygen atoms in total. The van der Waals surface area contributed by atoms with E-state index in [2.05, 4.69) is 19.2 Å². The molecule has 0 amide bonds. The lowest BCUT2D eigenvalue weighted by Gasteiger charge is -2.17. The fourth-order valence-corrected chi connectivity index (χ4v) is 1.95. The minimum Gasteiger partial charge on any atom is -0.494 e. The van der Waals surface area contributed by atoms with Crippen molar-refractivity contribution in [1.29, 1.82) is 0 Å². The SMILES string of the molecule is CCCCCC(C)Nc1ccc([N+](=O)[O-])cc1OC. The van der Waals surface area contributed by atoms with Crippen molar-refractivity contribution in [3.63, 3.8) is 0 Å². The summed E-state index contributed by atoms with van der Waals surface area (Å²) in [6, 6.07) is 4.96. The van der Waals surface area contributed by atoms with Crippen LogP contribution >= 0.6 is 0 Å². The summed E-state index contributed by atoms with van der Waals surface area (Å²) in [5.74, 6) is 0.511. The van der Waals surface area contributed by atoms with E-state index in [0.29, 0.717) is 11.8 Å². The number of non-ortho nitro benzene ring substituents is 1. The van der Waals surface area contributed by atoms with Crippen molar-refractivity contribution < 1.29 is 9.66 Å². The zero-order valence-corrected chi connectivity index (χ0v) is 11.8. The molecule has 1 atom stereocenters. The zero-order chi connectivity index (χ0) is 14.3. The quantitative estimate of drug-likeness (QED) is 0.439. The number of nitro groups is 1. The molecule has 0 aliphatic rings. The van der Waals surface area contributed by atoms with E-state index in [1.54, 1.807) is 6.07 Å². The highest BCUT2D eigenvalue weighted by Crippen LogP contribution is 2.29. The molecule has 0 heterocycles. The molecule has 0 fully saturated rings. The summed E-state index contributed by atoms with van der Waals surface area (Å²) in [6.45, 7) is 4.29. The van der Waals surface area contributed by atoms with Gasteiger partial charge >= 0.3 is 0 Å². The number of methoxy groups -OCH3 is 1. The summed E-state index contributed by atoms with van der Waals surface area (Å²) in [5.41, 5.74) is 0.845. The highest BCUT2D eigenvalue weighted by molar-refractivity contribution is 5.61. The van der Waals surface area contributed by atoms with Crippen LogP contribution in [0.1, 0.15) is 39.5 Å². The van der Waals surface area contributed by atoms with Crippen molar-refractivity contribution in [1.82, 2.24) is 0 Å². The Labute approximate surface area is 114 Å². The number of nitrogens with one attached hydrogen (secondary N) is 1. The van der Waals surface area contributed by atoms with Crippen molar-refractivity contribution in [2.75, 3.05) is 12.4 Å². The van der Waals surface area contributed by atoms with Crippen LogP contribution in [-0.2, 0) is 0 Å². The number of benzene rings is 1. The average Bonchev–Trinajstić information content (AvgIpc) is 2.39. The first-order valence-electron chi connectivity index (χ1n) is 6.67. The Balaban J connectivity index is 2.69. The molecule has 1 rings (SSSR count). The summed E-state index contributed by atoms with van der Waals surface area (Å²) >= 11 is 0. The Bertz CT molecular complexity index is 421. The predicted octanol–water partition coefficient (Wildman–Crippen LogP) is 3.98. The second-order valence-electron chi connectivity index (χ2n) is 4.68. The van der Waals surface area contributed by atoms with E-state index in [9.17, 15) is 10.1 Å². The van der Waals surface area contributed by atoms with E-state index in [1.807, 2.05) is 0 Å². The minimum absolute atomic E-state index is 0.0426. The molecule has 0 aliphatic carbocycles. The number of nitro benzene ring substituents is 1. The Morgan fingerprint density at radius 1 is 1.42 bits per heavy atom. The number of unbranched alkanes of at least 4 members (excludes halogenated alkanes) is 2. The van der Waals surface area contributed by atoms with Gasteiger partial charge < -0.3 is 10.1 Å². The number of rotatable bonds is 8. The van der Waals surface area contributed by atoms with Crippen LogP contribution < -0.4 is 10.1 Å². The molecular formula is C14H22N2O3. The van der Waals surface area contributed by atoms with Crippen LogP contribution in [0.2, 0.25) is 0 Å². The van der Waals surface area contributed by atoms with Crippen molar-refractivity contribution in [3.05, 3.63) is 28.3 Å². The van der Waals surface area contributed by atoms with Crippen molar-refractivity contribution in [3.8, 4) is 5.75 Å². The highest BCUT2D eigenvalue weighted by atomic mass is 16.6. The van der Waals surface area contributed by atoms with Crippen molar-refractivity contribution >= 4 is 11.4 Å². The molecule has 19 heavy (non-hydrogen) atoms. The van der Waals surface area contributed by atoms with Gasteiger partial charge in [0.2, 0.25) is 0 Å². The molecule has 1 unspecified atom stereocenters. The van der Waals surface area contributed by atoms with Crippen LogP contribution in [0.15, 0.2) is 18.2 Å². The van der Waals surface area contributed by atoms with E-state index in [0.717, 1.165) is 12.1 Å². The Hall–Kier alpha value is -1.78. The van der Waals surface area contributed by atoms with Gasteiger partial charge in [-0.15, -0.1) is 0 Å².